The molecule has 20 heavy (non-hydrogen) atoms. The summed E-state index contributed by atoms with van der Waals surface area (Å²) in [5.74, 6) is 6.12. The van der Waals surface area contributed by atoms with Crippen molar-refractivity contribution in [1.82, 2.24) is 15.0 Å². The molecule has 2 aromatic rings. The van der Waals surface area contributed by atoms with Crippen LogP contribution in [-0.2, 0) is 6.42 Å². The summed E-state index contributed by atoms with van der Waals surface area (Å²) in [6.45, 7) is 0.779. The van der Waals surface area contributed by atoms with Crippen molar-refractivity contribution < 1.29 is 4.74 Å². The number of anilines is 2. The van der Waals surface area contributed by atoms with Gasteiger partial charge >= 0.3 is 6.01 Å². The van der Waals surface area contributed by atoms with Gasteiger partial charge in [0.15, 0.2) is 0 Å². The van der Waals surface area contributed by atoms with Gasteiger partial charge < -0.3 is 9.64 Å². The summed E-state index contributed by atoms with van der Waals surface area (Å²) in [6, 6.07) is 10.5. The molecule has 0 unspecified atom stereocenters. The molecule has 7 nitrogen and oxygen atoms in total. The van der Waals surface area contributed by atoms with Crippen molar-refractivity contribution in [3.8, 4) is 6.01 Å². The van der Waals surface area contributed by atoms with E-state index in [1.807, 2.05) is 30.1 Å². The zero-order valence-corrected chi connectivity index (χ0v) is 11.6. The molecule has 1 heterocycles. The molecule has 0 fully saturated rings. The highest BCUT2D eigenvalue weighted by Gasteiger charge is 2.10. The lowest BCUT2D eigenvalue weighted by Gasteiger charge is -2.17. The maximum Gasteiger partial charge on any atom is 0.322 e. The first-order valence-corrected chi connectivity index (χ1v) is 6.24. The molecule has 3 N–H and O–H groups in total. The van der Waals surface area contributed by atoms with Crippen molar-refractivity contribution in [2.75, 3.05) is 31.0 Å². The number of nitrogens with zero attached hydrogens (tertiary/aromatic N) is 4. The quantitative estimate of drug-likeness (QED) is 0.596. The Hall–Kier alpha value is -2.41. The van der Waals surface area contributed by atoms with Crippen LogP contribution >= 0.6 is 0 Å². The summed E-state index contributed by atoms with van der Waals surface area (Å²) in [5, 5.41) is 0. The molecule has 0 amide bonds. The number of rotatable bonds is 6. The van der Waals surface area contributed by atoms with Gasteiger partial charge in [0.1, 0.15) is 0 Å². The van der Waals surface area contributed by atoms with Gasteiger partial charge in [-0.05, 0) is 12.0 Å². The summed E-state index contributed by atoms with van der Waals surface area (Å²) in [7, 11) is 3.42. The number of nitrogen functional groups attached to an aromatic ring is 1. The van der Waals surface area contributed by atoms with Crippen LogP contribution in [0.3, 0.4) is 0 Å². The van der Waals surface area contributed by atoms with E-state index < -0.39 is 0 Å². The Morgan fingerprint density at radius 3 is 2.60 bits per heavy atom. The average molecular weight is 274 g/mol. The van der Waals surface area contributed by atoms with Gasteiger partial charge in [-0.1, -0.05) is 30.3 Å². The van der Waals surface area contributed by atoms with Crippen LogP contribution in [-0.4, -0.2) is 35.7 Å². The number of ether oxygens (including phenoxy) is 1. The predicted octanol–water partition coefficient (Wildman–Crippen LogP) is 0.845. The van der Waals surface area contributed by atoms with Crippen LogP contribution in [0, 0.1) is 0 Å². The van der Waals surface area contributed by atoms with E-state index in [1.54, 1.807) is 0 Å². The summed E-state index contributed by atoms with van der Waals surface area (Å²) in [5.41, 5.74) is 3.66. The summed E-state index contributed by atoms with van der Waals surface area (Å²) in [4.78, 5) is 14.3. The lowest BCUT2D eigenvalue weighted by molar-refractivity contribution is 0.379. The lowest BCUT2D eigenvalue weighted by Crippen LogP contribution is -2.24. The molecule has 0 spiro atoms. The van der Waals surface area contributed by atoms with Crippen LogP contribution < -0.4 is 20.9 Å². The van der Waals surface area contributed by atoms with Gasteiger partial charge in [-0.25, -0.2) is 5.84 Å². The van der Waals surface area contributed by atoms with Gasteiger partial charge in [-0.15, -0.1) is 0 Å². The van der Waals surface area contributed by atoms with E-state index in [-0.39, 0.29) is 12.0 Å². The second-order valence-corrected chi connectivity index (χ2v) is 4.25. The van der Waals surface area contributed by atoms with Crippen molar-refractivity contribution in [3.05, 3.63) is 35.9 Å². The number of methoxy groups -OCH3 is 1. The van der Waals surface area contributed by atoms with Gasteiger partial charge in [-0.2, -0.15) is 15.0 Å². The van der Waals surface area contributed by atoms with Crippen LogP contribution in [0.1, 0.15) is 5.56 Å². The number of aromatic nitrogens is 3. The molecule has 0 aliphatic carbocycles. The van der Waals surface area contributed by atoms with E-state index in [2.05, 4.69) is 32.5 Å². The molecule has 2 rings (SSSR count). The fourth-order valence-electron chi connectivity index (χ4n) is 1.71. The minimum Gasteiger partial charge on any atom is -0.467 e. The first kappa shape index (κ1) is 14.0. The second-order valence-electron chi connectivity index (χ2n) is 4.25. The van der Waals surface area contributed by atoms with Gasteiger partial charge in [0.2, 0.25) is 11.9 Å². The molecule has 0 bridgehead atoms. The highest BCUT2D eigenvalue weighted by Crippen LogP contribution is 2.13. The smallest absolute Gasteiger partial charge is 0.322 e. The van der Waals surface area contributed by atoms with Crippen molar-refractivity contribution in [1.29, 1.82) is 0 Å². The first-order chi connectivity index (χ1) is 9.72. The Kier molecular flexibility index (Phi) is 4.67. The molecule has 0 saturated heterocycles. The van der Waals surface area contributed by atoms with E-state index in [9.17, 15) is 0 Å². The third kappa shape index (κ3) is 3.55. The fraction of sp³-hybridized carbons (Fsp3) is 0.308. The van der Waals surface area contributed by atoms with Gasteiger partial charge in [-0.3, -0.25) is 5.43 Å². The molecule has 7 heteroatoms. The van der Waals surface area contributed by atoms with E-state index in [1.165, 1.54) is 12.7 Å². The van der Waals surface area contributed by atoms with Crippen molar-refractivity contribution in [2.24, 2.45) is 5.84 Å². The number of likely N-dealkylation sites (N-methyl/N-ethyl adjacent to an activating group) is 1. The first-order valence-electron chi connectivity index (χ1n) is 6.24. The third-order valence-corrected chi connectivity index (χ3v) is 2.83. The number of hydrogen-bond donors (Lipinski definition) is 2. The number of benzene rings is 1. The number of nitrogens with one attached hydrogen (secondary N) is 1. The van der Waals surface area contributed by atoms with Crippen LogP contribution in [0.4, 0.5) is 11.9 Å². The zero-order valence-electron chi connectivity index (χ0n) is 11.6. The minimum absolute atomic E-state index is 0.231. The highest BCUT2D eigenvalue weighted by atomic mass is 16.5. The summed E-state index contributed by atoms with van der Waals surface area (Å²) in [6.07, 6.45) is 0.900. The molecular formula is C13H18N6O. The Morgan fingerprint density at radius 2 is 1.95 bits per heavy atom. The molecule has 0 aliphatic rings. The maximum absolute atomic E-state index is 5.33. The van der Waals surface area contributed by atoms with E-state index in [0.717, 1.165) is 13.0 Å². The van der Waals surface area contributed by atoms with Crippen LogP contribution in [0.5, 0.6) is 6.01 Å². The van der Waals surface area contributed by atoms with E-state index >= 15 is 0 Å². The van der Waals surface area contributed by atoms with E-state index in [4.69, 9.17) is 10.6 Å². The van der Waals surface area contributed by atoms with Crippen molar-refractivity contribution in [2.45, 2.75) is 6.42 Å². The second kappa shape index (κ2) is 6.67. The topological polar surface area (TPSA) is 89.2 Å². The summed E-state index contributed by atoms with van der Waals surface area (Å²) < 4.78 is 5.03. The summed E-state index contributed by atoms with van der Waals surface area (Å²) >= 11 is 0. The van der Waals surface area contributed by atoms with Gasteiger partial charge in [0, 0.05) is 13.6 Å². The molecule has 0 radical (unpaired) electrons. The van der Waals surface area contributed by atoms with E-state index in [0.29, 0.717) is 5.95 Å². The van der Waals surface area contributed by atoms with Gasteiger partial charge in [0.05, 0.1) is 7.11 Å². The zero-order chi connectivity index (χ0) is 14.4. The monoisotopic (exact) mass is 274 g/mol. The Labute approximate surface area is 117 Å². The average Bonchev–Trinajstić information content (AvgIpc) is 2.52. The number of nitrogens with two attached hydrogens (primary N) is 1. The maximum atomic E-state index is 5.33. The Balaban J connectivity index is 2.06. The van der Waals surface area contributed by atoms with Crippen LogP contribution in [0.15, 0.2) is 30.3 Å². The standard InChI is InChI=1S/C13H18N6O/c1-19(9-8-10-6-4-3-5-7-10)12-15-11(18-14)16-13(17-12)20-2/h3-7H,8-9,14H2,1-2H3,(H,15,16,17,18). The predicted molar refractivity (Wildman–Crippen MR) is 77.6 cm³/mol. The molecule has 106 valence electrons. The highest BCUT2D eigenvalue weighted by molar-refractivity contribution is 5.37. The Morgan fingerprint density at radius 1 is 1.20 bits per heavy atom. The largest absolute Gasteiger partial charge is 0.467 e. The molecule has 0 aliphatic heterocycles. The number of hydrogen-bond acceptors (Lipinski definition) is 7. The molecule has 1 aromatic heterocycles. The normalized spacial score (nSPS) is 10.2. The third-order valence-electron chi connectivity index (χ3n) is 2.83. The molecular weight excluding hydrogens is 256 g/mol. The Bertz CT molecular complexity index is 526. The molecule has 1 aromatic carbocycles. The lowest BCUT2D eigenvalue weighted by atomic mass is 10.1. The SMILES string of the molecule is COc1nc(NN)nc(N(C)CCc2ccccc2)n1. The van der Waals surface area contributed by atoms with Crippen molar-refractivity contribution in [3.63, 3.8) is 0 Å². The van der Waals surface area contributed by atoms with Crippen LogP contribution in [0.2, 0.25) is 0 Å². The molecule has 0 saturated carbocycles. The van der Waals surface area contributed by atoms with Crippen LogP contribution in [0.25, 0.3) is 0 Å². The van der Waals surface area contributed by atoms with Crippen molar-refractivity contribution >= 4 is 11.9 Å². The fourth-order valence-corrected chi connectivity index (χ4v) is 1.71. The minimum atomic E-state index is 0.231. The molecule has 0 atom stereocenters. The van der Waals surface area contributed by atoms with Gasteiger partial charge in [0.25, 0.3) is 0 Å². The number of hydrazine groups is 1.